The molecule has 2 aliphatic carbocycles. The predicted molar refractivity (Wildman–Crippen MR) is 142 cm³/mol. The number of benzene rings is 1. The normalized spacial score (nSPS) is 23.2. The fourth-order valence-electron chi connectivity index (χ4n) is 6.19. The van der Waals surface area contributed by atoms with Gasteiger partial charge in [0.05, 0.1) is 18.8 Å². The Balaban J connectivity index is 1.44. The minimum Gasteiger partial charge on any atom is -0.482 e. The van der Waals surface area contributed by atoms with E-state index in [0.717, 1.165) is 81.9 Å². The lowest BCUT2D eigenvalue weighted by Gasteiger charge is -2.32. The van der Waals surface area contributed by atoms with Crippen molar-refractivity contribution in [2.24, 2.45) is 17.8 Å². The summed E-state index contributed by atoms with van der Waals surface area (Å²) < 4.78 is 11.2. The standard InChI is InChI=1S/C30H46O7/c1-2-3-6-11-23(31)14-15-24-25-17-21-10-9-12-28(26(21)18-22(25)19-27(24)32)37-20-30(35)36-16-8-5-4-7-13-29(33)34/h9-10,12,22-25,27,31-32H,2-8,11,13-20H2,1H3,(H,33,34)/t22-,23-,24+,25-,27+/m0/s1. The van der Waals surface area contributed by atoms with Crippen LogP contribution in [-0.4, -0.2) is 52.7 Å². The zero-order valence-electron chi connectivity index (χ0n) is 22.4. The van der Waals surface area contributed by atoms with Crippen LogP contribution < -0.4 is 4.74 Å². The number of unbranched alkanes of at least 4 members (excludes halogenated alkanes) is 5. The highest BCUT2D eigenvalue weighted by atomic mass is 16.6. The highest BCUT2D eigenvalue weighted by Crippen LogP contribution is 2.48. The molecule has 0 aliphatic heterocycles. The molecule has 0 aromatic heterocycles. The van der Waals surface area contributed by atoms with Crippen LogP contribution in [0.25, 0.3) is 0 Å². The SMILES string of the molecule is CCCCC[C@H](O)CC[C@@H]1[C@H]2Cc3cccc(OCC(=O)OCCCCCCC(=O)O)c3C[C@H]2C[C@H]1O. The number of carbonyl (C=O) groups excluding carboxylic acids is 1. The molecule has 0 saturated heterocycles. The molecule has 7 heteroatoms. The summed E-state index contributed by atoms with van der Waals surface area (Å²) in [5, 5.41) is 29.9. The number of aliphatic hydroxyl groups is 2. The Labute approximate surface area is 221 Å². The van der Waals surface area contributed by atoms with Crippen molar-refractivity contribution >= 4 is 11.9 Å². The first-order valence-electron chi connectivity index (χ1n) is 14.4. The van der Waals surface area contributed by atoms with Gasteiger partial charge in [0.2, 0.25) is 0 Å². The number of fused-ring (bicyclic) bond motifs is 2. The summed E-state index contributed by atoms with van der Waals surface area (Å²) in [4.78, 5) is 22.7. The summed E-state index contributed by atoms with van der Waals surface area (Å²) in [7, 11) is 0. The molecular formula is C30H46O7. The highest BCUT2D eigenvalue weighted by Gasteiger charge is 2.44. The van der Waals surface area contributed by atoms with Crippen LogP contribution in [0, 0.1) is 17.8 Å². The number of hydrogen-bond acceptors (Lipinski definition) is 6. The second-order valence-corrected chi connectivity index (χ2v) is 11.0. The van der Waals surface area contributed by atoms with Gasteiger partial charge in [0.1, 0.15) is 5.75 Å². The topological polar surface area (TPSA) is 113 Å². The lowest BCUT2D eigenvalue weighted by molar-refractivity contribution is -0.146. The third-order valence-electron chi connectivity index (χ3n) is 8.21. The van der Waals surface area contributed by atoms with Crippen LogP contribution in [0.3, 0.4) is 0 Å². The predicted octanol–water partition coefficient (Wildman–Crippen LogP) is 5.08. The van der Waals surface area contributed by atoms with Crippen molar-refractivity contribution < 1.29 is 34.4 Å². The molecule has 1 saturated carbocycles. The molecule has 1 aromatic carbocycles. The quantitative estimate of drug-likeness (QED) is 0.195. The summed E-state index contributed by atoms with van der Waals surface area (Å²) >= 11 is 0. The van der Waals surface area contributed by atoms with Crippen molar-refractivity contribution in [3.63, 3.8) is 0 Å². The van der Waals surface area contributed by atoms with Crippen molar-refractivity contribution in [1.29, 1.82) is 0 Å². The number of hydrogen-bond donors (Lipinski definition) is 3. The first kappa shape index (κ1) is 29.4. The summed E-state index contributed by atoms with van der Waals surface area (Å²) in [5.41, 5.74) is 2.37. The van der Waals surface area contributed by atoms with Crippen molar-refractivity contribution in [3.05, 3.63) is 29.3 Å². The van der Waals surface area contributed by atoms with Gasteiger partial charge in [0.25, 0.3) is 0 Å². The fraction of sp³-hybridized carbons (Fsp3) is 0.733. The van der Waals surface area contributed by atoms with Gasteiger partial charge in [-0.1, -0.05) is 51.2 Å². The summed E-state index contributed by atoms with van der Waals surface area (Å²) in [6, 6.07) is 6.00. The molecule has 0 spiro atoms. The summed E-state index contributed by atoms with van der Waals surface area (Å²) in [6.45, 7) is 2.35. The monoisotopic (exact) mass is 518 g/mol. The fourth-order valence-corrected chi connectivity index (χ4v) is 6.19. The minimum absolute atomic E-state index is 0.134. The Morgan fingerprint density at radius 2 is 1.86 bits per heavy atom. The van der Waals surface area contributed by atoms with E-state index >= 15 is 0 Å². The Bertz CT molecular complexity index is 854. The average molecular weight is 519 g/mol. The van der Waals surface area contributed by atoms with Gasteiger partial charge in [-0.2, -0.15) is 0 Å². The van der Waals surface area contributed by atoms with Gasteiger partial charge < -0.3 is 24.8 Å². The zero-order valence-corrected chi connectivity index (χ0v) is 22.4. The number of esters is 1. The maximum Gasteiger partial charge on any atom is 0.344 e. The molecule has 0 radical (unpaired) electrons. The molecule has 208 valence electrons. The minimum atomic E-state index is -0.779. The van der Waals surface area contributed by atoms with E-state index in [4.69, 9.17) is 14.6 Å². The maximum atomic E-state index is 12.2. The molecule has 0 amide bonds. The van der Waals surface area contributed by atoms with Crippen molar-refractivity contribution in [1.82, 2.24) is 0 Å². The summed E-state index contributed by atoms with van der Waals surface area (Å²) in [6.07, 6.45) is 11.0. The van der Waals surface area contributed by atoms with E-state index in [2.05, 4.69) is 13.0 Å². The van der Waals surface area contributed by atoms with Gasteiger partial charge in [0, 0.05) is 6.42 Å². The number of carboxylic acid groups (broad SMARTS) is 1. The number of aliphatic hydroxyl groups excluding tert-OH is 2. The van der Waals surface area contributed by atoms with E-state index in [0.29, 0.717) is 31.3 Å². The molecule has 0 bridgehead atoms. The van der Waals surface area contributed by atoms with Crippen molar-refractivity contribution in [2.45, 2.75) is 109 Å². The number of rotatable bonds is 17. The van der Waals surface area contributed by atoms with Crippen LogP contribution in [0.5, 0.6) is 5.75 Å². The maximum absolute atomic E-state index is 12.2. The Morgan fingerprint density at radius 3 is 2.65 bits per heavy atom. The van der Waals surface area contributed by atoms with Crippen LogP contribution in [0.4, 0.5) is 0 Å². The van der Waals surface area contributed by atoms with E-state index in [-0.39, 0.29) is 31.2 Å². The van der Waals surface area contributed by atoms with Crippen LogP contribution in [0.15, 0.2) is 18.2 Å². The van der Waals surface area contributed by atoms with Gasteiger partial charge in [-0.05, 0) is 86.3 Å². The van der Waals surface area contributed by atoms with Gasteiger partial charge >= 0.3 is 11.9 Å². The van der Waals surface area contributed by atoms with Gasteiger partial charge in [0.15, 0.2) is 6.61 Å². The molecule has 3 rings (SSSR count). The molecule has 0 unspecified atom stereocenters. The van der Waals surface area contributed by atoms with Crippen molar-refractivity contribution in [2.75, 3.05) is 13.2 Å². The highest BCUT2D eigenvalue weighted by molar-refractivity contribution is 5.71. The Kier molecular flexibility index (Phi) is 12.2. The zero-order chi connectivity index (χ0) is 26.6. The van der Waals surface area contributed by atoms with Gasteiger partial charge in [-0.15, -0.1) is 0 Å². The molecule has 1 aromatic rings. The van der Waals surface area contributed by atoms with Gasteiger partial charge in [-0.3, -0.25) is 4.79 Å². The first-order chi connectivity index (χ1) is 17.9. The van der Waals surface area contributed by atoms with E-state index in [1.165, 1.54) is 5.56 Å². The van der Waals surface area contributed by atoms with Crippen molar-refractivity contribution in [3.8, 4) is 5.75 Å². The molecule has 5 atom stereocenters. The van der Waals surface area contributed by atoms with E-state index in [1.54, 1.807) is 0 Å². The number of carbonyl (C=O) groups is 2. The molecule has 7 nitrogen and oxygen atoms in total. The number of aliphatic carboxylic acids is 1. The van der Waals surface area contributed by atoms with E-state index in [1.807, 2.05) is 12.1 Å². The average Bonchev–Trinajstić information content (AvgIpc) is 3.17. The van der Waals surface area contributed by atoms with Crippen LogP contribution in [0.1, 0.15) is 95.1 Å². The first-order valence-corrected chi connectivity index (χ1v) is 14.4. The van der Waals surface area contributed by atoms with Gasteiger partial charge in [-0.25, -0.2) is 4.79 Å². The van der Waals surface area contributed by atoms with Crippen LogP contribution in [-0.2, 0) is 27.2 Å². The Morgan fingerprint density at radius 1 is 1.05 bits per heavy atom. The second-order valence-electron chi connectivity index (χ2n) is 11.0. The molecule has 0 heterocycles. The Hall–Kier alpha value is -2.12. The smallest absolute Gasteiger partial charge is 0.344 e. The number of ether oxygens (including phenoxy) is 2. The largest absolute Gasteiger partial charge is 0.482 e. The van der Waals surface area contributed by atoms with E-state index in [9.17, 15) is 19.8 Å². The lowest BCUT2D eigenvalue weighted by atomic mass is 9.73. The molecule has 3 N–H and O–H groups in total. The van der Waals surface area contributed by atoms with Crippen LogP contribution >= 0.6 is 0 Å². The van der Waals surface area contributed by atoms with E-state index < -0.39 is 11.9 Å². The molecular weight excluding hydrogens is 472 g/mol. The third-order valence-corrected chi connectivity index (χ3v) is 8.21. The second kappa shape index (κ2) is 15.3. The molecule has 1 fully saturated rings. The van der Waals surface area contributed by atoms with Crippen LogP contribution in [0.2, 0.25) is 0 Å². The molecule has 2 aliphatic rings. The lowest BCUT2D eigenvalue weighted by Crippen LogP contribution is -2.28. The number of carboxylic acids is 1. The third kappa shape index (κ3) is 9.29. The molecule has 37 heavy (non-hydrogen) atoms. The summed E-state index contributed by atoms with van der Waals surface area (Å²) in [5.74, 6) is 0.585.